The van der Waals surface area contributed by atoms with Crippen LogP contribution in [0.1, 0.15) is 11.1 Å². The summed E-state index contributed by atoms with van der Waals surface area (Å²) in [6.07, 6.45) is 0. The fraction of sp³-hybridized carbons (Fsp3) is 0.133. The van der Waals surface area contributed by atoms with Crippen molar-refractivity contribution in [2.45, 2.75) is 6.92 Å². The molecule has 0 aliphatic rings. The van der Waals surface area contributed by atoms with Crippen LogP contribution in [0.5, 0.6) is 5.75 Å². The summed E-state index contributed by atoms with van der Waals surface area (Å²) in [4.78, 5) is 0. The second-order valence-electron chi connectivity index (χ2n) is 4.11. The minimum atomic E-state index is 0.586. The number of nitriles is 1. The number of nitrogens with one attached hydrogen (secondary N) is 1. The maximum absolute atomic E-state index is 9.14. The van der Waals surface area contributed by atoms with E-state index in [1.54, 1.807) is 19.2 Å². The van der Waals surface area contributed by atoms with Crippen LogP contribution in [0.15, 0.2) is 40.9 Å². The second-order valence-corrected chi connectivity index (χ2v) is 5.02. The normalized spacial score (nSPS) is 9.79. The van der Waals surface area contributed by atoms with Crippen LogP contribution in [0.25, 0.3) is 0 Å². The van der Waals surface area contributed by atoms with Crippen LogP contribution in [-0.2, 0) is 0 Å². The first-order chi connectivity index (χ1) is 9.13. The third-order valence-electron chi connectivity index (χ3n) is 2.80. The average Bonchev–Trinajstić information content (AvgIpc) is 2.41. The smallest absolute Gasteiger partial charge is 0.121 e. The van der Waals surface area contributed by atoms with Crippen LogP contribution in [0, 0.1) is 18.3 Å². The molecular formula is C15H13BrN2O. The molecule has 0 radical (unpaired) electrons. The van der Waals surface area contributed by atoms with Crippen molar-refractivity contribution in [3.63, 3.8) is 0 Å². The van der Waals surface area contributed by atoms with E-state index in [0.717, 1.165) is 27.2 Å². The quantitative estimate of drug-likeness (QED) is 0.913. The Hall–Kier alpha value is -1.99. The van der Waals surface area contributed by atoms with Gasteiger partial charge in [0.25, 0.3) is 0 Å². The van der Waals surface area contributed by atoms with Crippen LogP contribution >= 0.6 is 15.9 Å². The summed E-state index contributed by atoms with van der Waals surface area (Å²) in [7, 11) is 1.61. The Kier molecular flexibility index (Phi) is 4.08. The van der Waals surface area contributed by atoms with Crippen molar-refractivity contribution in [2.75, 3.05) is 12.4 Å². The molecule has 0 aliphatic carbocycles. The van der Waals surface area contributed by atoms with Gasteiger partial charge in [0.05, 0.1) is 18.4 Å². The summed E-state index contributed by atoms with van der Waals surface area (Å²) >= 11 is 3.43. The van der Waals surface area contributed by atoms with Gasteiger partial charge in [-0.25, -0.2) is 0 Å². The monoisotopic (exact) mass is 316 g/mol. The summed E-state index contributed by atoms with van der Waals surface area (Å²) < 4.78 is 6.21. The van der Waals surface area contributed by atoms with E-state index in [9.17, 15) is 0 Å². The summed E-state index contributed by atoms with van der Waals surface area (Å²) in [5.74, 6) is 0.719. The molecule has 3 nitrogen and oxygen atoms in total. The first-order valence-corrected chi connectivity index (χ1v) is 6.54. The van der Waals surface area contributed by atoms with Gasteiger partial charge < -0.3 is 10.1 Å². The van der Waals surface area contributed by atoms with Gasteiger partial charge in [-0.2, -0.15) is 5.26 Å². The topological polar surface area (TPSA) is 45.0 Å². The summed E-state index contributed by atoms with van der Waals surface area (Å²) in [6, 6.07) is 13.5. The lowest BCUT2D eigenvalue weighted by molar-refractivity contribution is 0.415. The molecule has 0 heterocycles. The average molecular weight is 317 g/mol. The predicted molar refractivity (Wildman–Crippen MR) is 79.9 cm³/mol. The van der Waals surface area contributed by atoms with E-state index < -0.39 is 0 Å². The van der Waals surface area contributed by atoms with Gasteiger partial charge in [0, 0.05) is 16.2 Å². The van der Waals surface area contributed by atoms with Gasteiger partial charge in [0.15, 0.2) is 0 Å². The van der Waals surface area contributed by atoms with Gasteiger partial charge in [0.2, 0.25) is 0 Å². The Bertz CT molecular complexity index is 647. The predicted octanol–water partition coefficient (Wildman–Crippen LogP) is 4.38. The largest absolute Gasteiger partial charge is 0.497 e. The lowest BCUT2D eigenvalue weighted by Crippen LogP contribution is -1.96. The number of ether oxygens (including phenoxy) is 1. The van der Waals surface area contributed by atoms with E-state index >= 15 is 0 Å². The Labute approximate surface area is 121 Å². The molecular weight excluding hydrogens is 304 g/mol. The molecule has 0 atom stereocenters. The highest BCUT2D eigenvalue weighted by Crippen LogP contribution is 2.28. The van der Waals surface area contributed by atoms with Gasteiger partial charge in [-0.1, -0.05) is 15.9 Å². The Morgan fingerprint density at radius 3 is 2.58 bits per heavy atom. The van der Waals surface area contributed by atoms with E-state index in [-0.39, 0.29) is 0 Å². The first-order valence-electron chi connectivity index (χ1n) is 5.75. The lowest BCUT2D eigenvalue weighted by atomic mass is 10.1. The number of hydrogen-bond donors (Lipinski definition) is 1. The molecule has 0 saturated carbocycles. The van der Waals surface area contributed by atoms with E-state index in [4.69, 9.17) is 10.00 Å². The SMILES string of the molecule is COc1ccc(C#N)c(Nc2ccc(Br)cc2C)c1. The molecule has 0 aliphatic heterocycles. The van der Waals surface area contributed by atoms with Crippen LogP contribution < -0.4 is 10.1 Å². The van der Waals surface area contributed by atoms with Crippen molar-refractivity contribution >= 4 is 27.3 Å². The van der Waals surface area contributed by atoms with E-state index in [0.29, 0.717) is 5.56 Å². The molecule has 0 saturated heterocycles. The zero-order valence-corrected chi connectivity index (χ0v) is 12.3. The number of methoxy groups -OCH3 is 1. The van der Waals surface area contributed by atoms with Crippen LogP contribution in [0.4, 0.5) is 11.4 Å². The molecule has 1 N–H and O–H groups in total. The van der Waals surface area contributed by atoms with Crippen molar-refractivity contribution in [3.05, 3.63) is 52.0 Å². The number of hydrogen-bond acceptors (Lipinski definition) is 3. The molecule has 2 aromatic carbocycles. The highest BCUT2D eigenvalue weighted by atomic mass is 79.9. The van der Waals surface area contributed by atoms with Crippen LogP contribution in [-0.4, -0.2) is 7.11 Å². The van der Waals surface area contributed by atoms with Gasteiger partial charge >= 0.3 is 0 Å². The Morgan fingerprint density at radius 2 is 1.95 bits per heavy atom. The van der Waals surface area contributed by atoms with Crippen molar-refractivity contribution < 1.29 is 4.74 Å². The second kappa shape index (κ2) is 5.77. The fourth-order valence-corrected chi connectivity index (χ4v) is 2.24. The Morgan fingerprint density at radius 1 is 1.16 bits per heavy atom. The summed E-state index contributed by atoms with van der Waals surface area (Å²) in [5, 5.41) is 12.4. The van der Waals surface area contributed by atoms with Crippen molar-refractivity contribution in [2.24, 2.45) is 0 Å². The number of anilines is 2. The molecule has 0 unspecified atom stereocenters. The van der Waals surface area contributed by atoms with E-state index in [1.807, 2.05) is 31.2 Å². The van der Waals surface area contributed by atoms with E-state index in [1.165, 1.54) is 0 Å². The van der Waals surface area contributed by atoms with Crippen molar-refractivity contribution in [1.82, 2.24) is 0 Å². The molecule has 0 aromatic heterocycles. The third kappa shape index (κ3) is 3.07. The third-order valence-corrected chi connectivity index (χ3v) is 3.30. The zero-order valence-electron chi connectivity index (χ0n) is 10.7. The van der Waals surface area contributed by atoms with Gasteiger partial charge in [0.1, 0.15) is 11.8 Å². The summed E-state index contributed by atoms with van der Waals surface area (Å²) in [5.41, 5.74) is 3.39. The number of halogens is 1. The molecule has 0 bridgehead atoms. The molecule has 2 aromatic rings. The lowest BCUT2D eigenvalue weighted by Gasteiger charge is -2.12. The highest BCUT2D eigenvalue weighted by Gasteiger charge is 2.06. The molecule has 0 fully saturated rings. The minimum absolute atomic E-state index is 0.586. The molecule has 0 amide bonds. The van der Waals surface area contributed by atoms with Crippen LogP contribution in [0.3, 0.4) is 0 Å². The Balaban J connectivity index is 2.39. The molecule has 0 spiro atoms. The minimum Gasteiger partial charge on any atom is -0.497 e. The van der Waals surface area contributed by atoms with Crippen molar-refractivity contribution in [3.8, 4) is 11.8 Å². The maximum atomic E-state index is 9.14. The first kappa shape index (κ1) is 13.4. The van der Waals surface area contributed by atoms with Crippen LogP contribution in [0.2, 0.25) is 0 Å². The number of rotatable bonds is 3. The molecule has 2 rings (SSSR count). The maximum Gasteiger partial charge on any atom is 0.121 e. The standard InChI is InChI=1S/C15H13BrN2O/c1-10-7-12(16)4-6-14(10)18-15-8-13(19-2)5-3-11(15)9-17/h3-8,18H,1-2H3. The van der Waals surface area contributed by atoms with Gasteiger partial charge in [-0.05, 0) is 42.8 Å². The highest BCUT2D eigenvalue weighted by molar-refractivity contribution is 9.10. The van der Waals surface area contributed by atoms with E-state index in [2.05, 4.69) is 27.3 Å². The number of aryl methyl sites for hydroxylation is 1. The molecule has 4 heteroatoms. The zero-order chi connectivity index (χ0) is 13.8. The number of benzene rings is 2. The summed E-state index contributed by atoms with van der Waals surface area (Å²) in [6.45, 7) is 2.01. The number of nitrogens with zero attached hydrogens (tertiary/aromatic N) is 1. The molecule has 19 heavy (non-hydrogen) atoms. The van der Waals surface area contributed by atoms with Gasteiger partial charge in [-0.3, -0.25) is 0 Å². The van der Waals surface area contributed by atoms with Gasteiger partial charge in [-0.15, -0.1) is 0 Å². The molecule has 96 valence electrons. The fourth-order valence-electron chi connectivity index (χ4n) is 1.76. The van der Waals surface area contributed by atoms with Crippen molar-refractivity contribution in [1.29, 1.82) is 5.26 Å².